The lowest BCUT2D eigenvalue weighted by atomic mass is 9.99. The molecule has 0 radical (unpaired) electrons. The summed E-state index contributed by atoms with van der Waals surface area (Å²) in [5.74, 6) is -1.32. The fourth-order valence-corrected chi connectivity index (χ4v) is 4.10. The number of amides is 1. The van der Waals surface area contributed by atoms with Gasteiger partial charge in [0, 0.05) is 25.6 Å². The van der Waals surface area contributed by atoms with Crippen LogP contribution >= 0.6 is 0 Å². The quantitative estimate of drug-likeness (QED) is 0.460. The van der Waals surface area contributed by atoms with E-state index in [1.54, 1.807) is 0 Å². The summed E-state index contributed by atoms with van der Waals surface area (Å²) in [5.41, 5.74) is 2.74. The molecule has 1 aliphatic carbocycles. The molecule has 0 heterocycles. The van der Waals surface area contributed by atoms with Crippen molar-refractivity contribution in [2.24, 2.45) is 5.92 Å². The highest BCUT2D eigenvalue weighted by atomic mass is 19.1. The number of carbonyl (C=O) groups is 1. The van der Waals surface area contributed by atoms with Crippen LogP contribution in [0.15, 0.2) is 54.6 Å². The molecule has 2 aromatic carbocycles. The molecule has 32 heavy (non-hydrogen) atoms. The Morgan fingerprint density at radius 1 is 1.12 bits per heavy atom. The first-order valence-electron chi connectivity index (χ1n) is 11.3. The van der Waals surface area contributed by atoms with Crippen molar-refractivity contribution >= 4 is 5.91 Å². The highest BCUT2D eigenvalue weighted by Gasteiger charge is 2.24. The lowest BCUT2D eigenvalue weighted by molar-refractivity contribution is -0.123. The third kappa shape index (κ3) is 7.53. The van der Waals surface area contributed by atoms with E-state index in [1.807, 2.05) is 18.2 Å². The number of nitrogens with one attached hydrogen (secondary N) is 2. The number of carbonyl (C=O) groups excluding carboxylic acids is 1. The SMILES string of the molecule is CCc1cccc(CNC[C@@H](O)[C@H](Cc2cc(F)cc(F)c2)NC(=O)CC2C=CCC2)c1. The van der Waals surface area contributed by atoms with Crippen molar-refractivity contribution in [2.45, 2.75) is 57.7 Å². The third-order valence-electron chi connectivity index (χ3n) is 5.83. The van der Waals surface area contributed by atoms with Crippen molar-refractivity contribution in [1.29, 1.82) is 0 Å². The molecule has 2 aromatic rings. The molecule has 0 saturated carbocycles. The Hall–Kier alpha value is -2.57. The first-order valence-corrected chi connectivity index (χ1v) is 11.3. The minimum absolute atomic E-state index is 0.134. The second-order valence-corrected chi connectivity index (χ2v) is 8.50. The van der Waals surface area contributed by atoms with Crippen molar-refractivity contribution < 1.29 is 18.7 Å². The number of benzene rings is 2. The average Bonchev–Trinajstić information content (AvgIpc) is 3.25. The first-order chi connectivity index (χ1) is 15.4. The number of aliphatic hydroxyl groups is 1. The van der Waals surface area contributed by atoms with Crippen LogP contribution in [0.1, 0.15) is 42.9 Å². The van der Waals surface area contributed by atoms with Gasteiger partial charge in [0.25, 0.3) is 0 Å². The van der Waals surface area contributed by atoms with Gasteiger partial charge in [0.2, 0.25) is 5.91 Å². The van der Waals surface area contributed by atoms with Crippen LogP contribution in [0, 0.1) is 17.6 Å². The van der Waals surface area contributed by atoms with Crippen LogP contribution in [0.2, 0.25) is 0 Å². The largest absolute Gasteiger partial charge is 0.390 e. The molecule has 0 aromatic heterocycles. The Kier molecular flexibility index (Phi) is 8.94. The van der Waals surface area contributed by atoms with Gasteiger partial charge in [-0.1, -0.05) is 43.3 Å². The number of hydrogen-bond donors (Lipinski definition) is 3. The lowest BCUT2D eigenvalue weighted by Gasteiger charge is -2.25. The molecule has 1 unspecified atom stereocenters. The van der Waals surface area contributed by atoms with E-state index in [1.165, 1.54) is 17.7 Å². The van der Waals surface area contributed by atoms with E-state index in [4.69, 9.17) is 0 Å². The van der Waals surface area contributed by atoms with Crippen molar-refractivity contribution in [3.8, 4) is 0 Å². The molecular formula is C26H32F2N2O2. The van der Waals surface area contributed by atoms with Crippen molar-refractivity contribution in [3.05, 3.63) is 82.9 Å². The second kappa shape index (κ2) is 11.9. The lowest BCUT2D eigenvalue weighted by Crippen LogP contribution is -2.49. The van der Waals surface area contributed by atoms with Crippen LogP contribution in [0.3, 0.4) is 0 Å². The second-order valence-electron chi connectivity index (χ2n) is 8.50. The van der Waals surface area contributed by atoms with Crippen molar-refractivity contribution in [1.82, 2.24) is 10.6 Å². The molecule has 0 bridgehead atoms. The molecule has 1 aliphatic rings. The number of allylic oxidation sites excluding steroid dienone is 2. The number of halogens is 2. The van der Waals surface area contributed by atoms with Crippen molar-refractivity contribution in [3.63, 3.8) is 0 Å². The smallest absolute Gasteiger partial charge is 0.220 e. The molecule has 1 amide bonds. The third-order valence-corrected chi connectivity index (χ3v) is 5.83. The molecule has 0 spiro atoms. The Labute approximate surface area is 188 Å². The standard InChI is InChI=1S/C26H32F2N2O2/c1-2-18-8-5-9-20(10-18)16-29-17-25(31)24(13-21-11-22(27)15-23(28)12-21)30-26(32)14-19-6-3-4-7-19/h3,5-6,8-12,15,19,24-25,29,31H,2,4,7,13-14,16-17H2,1H3,(H,30,32)/t19?,24-,25+/m0/s1. The zero-order valence-corrected chi connectivity index (χ0v) is 18.5. The van der Waals surface area contributed by atoms with Gasteiger partial charge in [-0.05, 0) is 60.4 Å². The van der Waals surface area contributed by atoms with E-state index in [9.17, 15) is 18.7 Å². The van der Waals surface area contributed by atoms with Gasteiger partial charge in [-0.25, -0.2) is 8.78 Å². The summed E-state index contributed by atoms with van der Waals surface area (Å²) in [4.78, 5) is 12.6. The molecular weight excluding hydrogens is 410 g/mol. The maximum atomic E-state index is 13.7. The normalized spacial score (nSPS) is 17.3. The number of hydrogen-bond acceptors (Lipinski definition) is 3. The molecule has 0 saturated heterocycles. The Bertz CT molecular complexity index is 912. The summed E-state index contributed by atoms with van der Waals surface area (Å²) in [5, 5.41) is 16.9. The number of rotatable bonds is 11. The minimum Gasteiger partial charge on any atom is -0.390 e. The van der Waals surface area contributed by atoms with Gasteiger partial charge in [0.15, 0.2) is 0 Å². The van der Waals surface area contributed by atoms with E-state index in [-0.39, 0.29) is 24.8 Å². The topological polar surface area (TPSA) is 61.4 Å². The van der Waals surface area contributed by atoms with E-state index < -0.39 is 23.8 Å². The van der Waals surface area contributed by atoms with Crippen LogP contribution in [-0.4, -0.2) is 29.7 Å². The van der Waals surface area contributed by atoms with E-state index in [0.717, 1.165) is 30.9 Å². The molecule has 3 atom stereocenters. The highest BCUT2D eigenvalue weighted by molar-refractivity contribution is 5.77. The maximum Gasteiger partial charge on any atom is 0.220 e. The van der Waals surface area contributed by atoms with E-state index in [2.05, 4.69) is 35.8 Å². The van der Waals surface area contributed by atoms with E-state index >= 15 is 0 Å². The van der Waals surface area contributed by atoms with Crippen LogP contribution in [-0.2, 0) is 24.2 Å². The van der Waals surface area contributed by atoms with E-state index in [0.29, 0.717) is 18.5 Å². The van der Waals surface area contributed by atoms with Gasteiger partial charge >= 0.3 is 0 Å². The zero-order valence-electron chi connectivity index (χ0n) is 18.5. The van der Waals surface area contributed by atoms with Gasteiger partial charge in [0.1, 0.15) is 11.6 Å². The molecule has 3 N–H and O–H groups in total. The molecule has 3 rings (SSSR count). The van der Waals surface area contributed by atoms with Gasteiger partial charge in [-0.3, -0.25) is 4.79 Å². The average molecular weight is 443 g/mol. The number of aliphatic hydroxyl groups excluding tert-OH is 1. The van der Waals surface area contributed by atoms with Crippen LogP contribution in [0.25, 0.3) is 0 Å². The van der Waals surface area contributed by atoms with Crippen molar-refractivity contribution in [2.75, 3.05) is 6.54 Å². The molecule has 6 heteroatoms. The first kappa shape index (κ1) is 24.1. The fourth-order valence-electron chi connectivity index (χ4n) is 4.10. The van der Waals surface area contributed by atoms with Crippen LogP contribution in [0.5, 0.6) is 0 Å². The summed E-state index contributed by atoms with van der Waals surface area (Å²) in [6.45, 7) is 2.91. The summed E-state index contributed by atoms with van der Waals surface area (Å²) < 4.78 is 27.3. The zero-order chi connectivity index (χ0) is 22.9. The highest BCUT2D eigenvalue weighted by Crippen LogP contribution is 2.20. The van der Waals surface area contributed by atoms with Gasteiger partial charge < -0.3 is 15.7 Å². The predicted molar refractivity (Wildman–Crippen MR) is 122 cm³/mol. The molecule has 0 fully saturated rings. The molecule has 4 nitrogen and oxygen atoms in total. The summed E-state index contributed by atoms with van der Waals surface area (Å²) >= 11 is 0. The van der Waals surface area contributed by atoms with Gasteiger partial charge in [0.05, 0.1) is 12.1 Å². The minimum atomic E-state index is -0.918. The van der Waals surface area contributed by atoms with Gasteiger partial charge in [-0.15, -0.1) is 0 Å². The molecule has 172 valence electrons. The number of aryl methyl sites for hydroxylation is 1. The Balaban J connectivity index is 1.62. The Morgan fingerprint density at radius 3 is 2.56 bits per heavy atom. The maximum absolute atomic E-state index is 13.7. The molecule has 0 aliphatic heterocycles. The predicted octanol–water partition coefficient (Wildman–Crippen LogP) is 4.06. The summed E-state index contributed by atoms with van der Waals surface area (Å²) in [6.07, 6.45) is 6.52. The Morgan fingerprint density at radius 2 is 1.88 bits per heavy atom. The fraction of sp³-hybridized carbons (Fsp3) is 0.423. The summed E-state index contributed by atoms with van der Waals surface area (Å²) in [6, 6.07) is 10.8. The van der Waals surface area contributed by atoms with Crippen LogP contribution in [0.4, 0.5) is 8.78 Å². The van der Waals surface area contributed by atoms with Crippen LogP contribution < -0.4 is 10.6 Å². The van der Waals surface area contributed by atoms with Gasteiger partial charge in [-0.2, -0.15) is 0 Å². The summed E-state index contributed by atoms with van der Waals surface area (Å²) in [7, 11) is 0. The monoisotopic (exact) mass is 442 g/mol.